The van der Waals surface area contributed by atoms with Gasteiger partial charge in [0.25, 0.3) is 0 Å². The minimum atomic E-state index is 0.922. The number of benzene rings is 5. The van der Waals surface area contributed by atoms with Crippen LogP contribution in [0.25, 0.3) is 49.3 Å². The van der Waals surface area contributed by atoms with Gasteiger partial charge in [0.15, 0.2) is 0 Å². The lowest BCUT2D eigenvalue weighted by molar-refractivity contribution is 1.16. The first-order chi connectivity index (χ1) is 19.8. The van der Waals surface area contributed by atoms with Crippen LogP contribution in [0.4, 0.5) is 17.1 Å². The molecule has 40 heavy (non-hydrogen) atoms. The highest BCUT2D eigenvalue weighted by molar-refractivity contribution is 6.11. The number of hydrogen-bond donors (Lipinski definition) is 0. The van der Waals surface area contributed by atoms with Gasteiger partial charge in [0, 0.05) is 44.8 Å². The molecule has 0 unspecified atom stereocenters. The number of hydrogen-bond acceptors (Lipinski definition) is 3. The summed E-state index contributed by atoms with van der Waals surface area (Å²) in [6.07, 6.45) is 3.80. The van der Waals surface area contributed by atoms with Crippen LogP contribution in [-0.2, 0) is 0 Å². The number of pyridine rings is 2. The molecule has 0 aliphatic heterocycles. The van der Waals surface area contributed by atoms with Crippen LogP contribution in [0.3, 0.4) is 0 Å². The molecule has 188 valence electrons. The van der Waals surface area contributed by atoms with Crippen LogP contribution in [-0.4, -0.2) is 14.5 Å². The van der Waals surface area contributed by atoms with Gasteiger partial charge in [-0.05, 0) is 60.7 Å². The second kappa shape index (κ2) is 9.07. The number of fused-ring (bicyclic) bond motifs is 6. The lowest BCUT2D eigenvalue weighted by Crippen LogP contribution is -2.09. The van der Waals surface area contributed by atoms with Crippen molar-refractivity contribution in [1.82, 2.24) is 14.5 Å². The highest BCUT2D eigenvalue weighted by Crippen LogP contribution is 2.39. The molecule has 0 radical (unpaired) electrons. The first kappa shape index (κ1) is 22.5. The number of nitrogens with zero attached hydrogens (tertiary/aromatic N) is 4. The average Bonchev–Trinajstić information content (AvgIpc) is 3.36. The molecule has 0 atom stereocenters. The highest BCUT2D eigenvalue weighted by atomic mass is 15.1. The van der Waals surface area contributed by atoms with Gasteiger partial charge in [0.1, 0.15) is 0 Å². The van der Waals surface area contributed by atoms with Crippen LogP contribution in [0.15, 0.2) is 146 Å². The number of aromatic nitrogens is 3. The van der Waals surface area contributed by atoms with Crippen LogP contribution in [0.2, 0.25) is 0 Å². The second-order valence-electron chi connectivity index (χ2n) is 9.97. The number of para-hydroxylation sites is 3. The molecule has 0 amide bonds. The van der Waals surface area contributed by atoms with Gasteiger partial charge < -0.3 is 9.47 Å². The second-order valence-corrected chi connectivity index (χ2v) is 9.97. The van der Waals surface area contributed by atoms with Crippen molar-refractivity contribution in [3.8, 4) is 5.69 Å². The summed E-state index contributed by atoms with van der Waals surface area (Å²) in [6, 6.07) is 46.9. The zero-order valence-corrected chi connectivity index (χ0v) is 21.6. The molecule has 4 heteroatoms. The fraction of sp³-hybridized carbons (Fsp3) is 0. The summed E-state index contributed by atoms with van der Waals surface area (Å²) in [7, 11) is 0. The molecule has 4 nitrogen and oxygen atoms in total. The van der Waals surface area contributed by atoms with Crippen molar-refractivity contribution in [2.45, 2.75) is 0 Å². The van der Waals surface area contributed by atoms with E-state index in [1.165, 1.54) is 10.8 Å². The summed E-state index contributed by atoms with van der Waals surface area (Å²) in [5.41, 5.74) is 8.54. The Morgan fingerprint density at radius 3 is 1.95 bits per heavy atom. The first-order valence-corrected chi connectivity index (χ1v) is 13.4. The fourth-order valence-corrected chi connectivity index (χ4v) is 5.83. The van der Waals surface area contributed by atoms with E-state index < -0.39 is 0 Å². The summed E-state index contributed by atoms with van der Waals surface area (Å²) in [6.45, 7) is 0. The topological polar surface area (TPSA) is 34.0 Å². The van der Waals surface area contributed by atoms with Crippen molar-refractivity contribution in [2.24, 2.45) is 0 Å². The molecule has 5 aromatic carbocycles. The standard InChI is InChI=1S/C36H24N4/c1-3-11-27(12-4-1)39(28-13-5-2-6-14-28)29-19-20-34-32(23-29)31-15-7-8-16-33(31)40(34)30-22-26-18-17-25-10-9-21-37-35(25)36(26)38-24-30/h1-24H. The van der Waals surface area contributed by atoms with Crippen molar-refractivity contribution >= 4 is 60.7 Å². The normalized spacial score (nSPS) is 11.5. The summed E-state index contributed by atoms with van der Waals surface area (Å²) in [4.78, 5) is 11.8. The average molecular weight is 513 g/mol. The van der Waals surface area contributed by atoms with Crippen molar-refractivity contribution in [3.63, 3.8) is 0 Å². The lowest BCUT2D eigenvalue weighted by Gasteiger charge is -2.25. The molecule has 0 N–H and O–H groups in total. The van der Waals surface area contributed by atoms with Gasteiger partial charge in [-0.2, -0.15) is 0 Å². The van der Waals surface area contributed by atoms with Crippen molar-refractivity contribution in [3.05, 3.63) is 146 Å². The monoisotopic (exact) mass is 512 g/mol. The third kappa shape index (κ3) is 3.54. The van der Waals surface area contributed by atoms with E-state index in [4.69, 9.17) is 4.98 Å². The van der Waals surface area contributed by atoms with E-state index in [9.17, 15) is 0 Å². The Hall–Kier alpha value is -5.48. The maximum absolute atomic E-state index is 4.91. The number of anilines is 3. The van der Waals surface area contributed by atoms with Crippen LogP contribution >= 0.6 is 0 Å². The minimum absolute atomic E-state index is 0.922. The molecule has 8 rings (SSSR count). The van der Waals surface area contributed by atoms with Crippen LogP contribution in [0.5, 0.6) is 0 Å². The molecule has 0 spiro atoms. The minimum Gasteiger partial charge on any atom is -0.310 e. The molecule has 0 fully saturated rings. The molecule has 8 aromatic rings. The highest BCUT2D eigenvalue weighted by Gasteiger charge is 2.17. The zero-order chi connectivity index (χ0) is 26.5. The molecule has 3 aromatic heterocycles. The molecular weight excluding hydrogens is 488 g/mol. The number of rotatable bonds is 4. The van der Waals surface area contributed by atoms with Gasteiger partial charge in [0.05, 0.1) is 34.0 Å². The Morgan fingerprint density at radius 1 is 0.475 bits per heavy atom. The summed E-state index contributed by atoms with van der Waals surface area (Å²) < 4.78 is 2.32. The molecule has 0 aliphatic carbocycles. The fourth-order valence-electron chi connectivity index (χ4n) is 5.83. The predicted octanol–water partition coefficient (Wildman–Crippen LogP) is 9.35. The predicted molar refractivity (Wildman–Crippen MR) is 166 cm³/mol. The summed E-state index contributed by atoms with van der Waals surface area (Å²) in [5.74, 6) is 0. The Kier molecular flexibility index (Phi) is 5.10. The van der Waals surface area contributed by atoms with E-state index in [0.717, 1.165) is 55.6 Å². The van der Waals surface area contributed by atoms with Crippen LogP contribution in [0.1, 0.15) is 0 Å². The lowest BCUT2D eigenvalue weighted by atomic mass is 10.1. The molecule has 3 heterocycles. The summed E-state index contributed by atoms with van der Waals surface area (Å²) >= 11 is 0. The first-order valence-electron chi connectivity index (χ1n) is 13.4. The molecule has 0 saturated heterocycles. The SMILES string of the molecule is c1ccc(N(c2ccccc2)c2ccc3c(c2)c2ccccc2n3-c2cnc3c(ccc4cccnc43)c2)cc1. The Morgan fingerprint density at radius 2 is 1.15 bits per heavy atom. The maximum Gasteiger partial charge on any atom is 0.0966 e. The van der Waals surface area contributed by atoms with E-state index in [1.54, 1.807) is 0 Å². The molecule has 0 aliphatic rings. The van der Waals surface area contributed by atoms with Crippen molar-refractivity contribution in [1.29, 1.82) is 0 Å². The van der Waals surface area contributed by atoms with E-state index in [0.29, 0.717) is 0 Å². The Bertz CT molecular complexity index is 2130. The van der Waals surface area contributed by atoms with Gasteiger partial charge in [0.2, 0.25) is 0 Å². The third-order valence-corrected chi connectivity index (χ3v) is 7.61. The molecular formula is C36H24N4. The van der Waals surface area contributed by atoms with Gasteiger partial charge >= 0.3 is 0 Å². The van der Waals surface area contributed by atoms with Gasteiger partial charge in [-0.3, -0.25) is 9.97 Å². The van der Waals surface area contributed by atoms with Crippen LogP contribution < -0.4 is 4.90 Å². The van der Waals surface area contributed by atoms with Crippen LogP contribution in [0, 0.1) is 0 Å². The van der Waals surface area contributed by atoms with E-state index in [-0.39, 0.29) is 0 Å². The quantitative estimate of drug-likeness (QED) is 0.220. The van der Waals surface area contributed by atoms with Gasteiger partial charge in [-0.15, -0.1) is 0 Å². The smallest absolute Gasteiger partial charge is 0.0966 e. The molecule has 0 bridgehead atoms. The molecule has 0 saturated carbocycles. The zero-order valence-electron chi connectivity index (χ0n) is 21.6. The van der Waals surface area contributed by atoms with E-state index in [1.807, 2.05) is 18.5 Å². The Labute approximate surface area is 231 Å². The Balaban J connectivity index is 1.35. The third-order valence-electron chi connectivity index (χ3n) is 7.61. The largest absolute Gasteiger partial charge is 0.310 e. The van der Waals surface area contributed by atoms with Crippen molar-refractivity contribution < 1.29 is 0 Å². The van der Waals surface area contributed by atoms with E-state index >= 15 is 0 Å². The van der Waals surface area contributed by atoms with Gasteiger partial charge in [-0.1, -0.05) is 72.8 Å². The van der Waals surface area contributed by atoms with E-state index in [2.05, 4.69) is 142 Å². The maximum atomic E-state index is 4.91. The summed E-state index contributed by atoms with van der Waals surface area (Å²) in [5, 5.41) is 4.58. The van der Waals surface area contributed by atoms with Gasteiger partial charge in [-0.25, -0.2) is 0 Å². The van der Waals surface area contributed by atoms with Crippen molar-refractivity contribution in [2.75, 3.05) is 4.90 Å².